The van der Waals surface area contributed by atoms with Crippen molar-refractivity contribution in [1.29, 1.82) is 0 Å². The molecule has 2 unspecified atom stereocenters. The summed E-state index contributed by atoms with van der Waals surface area (Å²) in [5, 5.41) is 23.1. The fourth-order valence-electron chi connectivity index (χ4n) is 7.13. The van der Waals surface area contributed by atoms with Crippen LogP contribution in [-0.4, -0.2) is 34.9 Å². The normalized spacial score (nSPS) is 13.3. The highest BCUT2D eigenvalue weighted by molar-refractivity contribution is 5.76. The maximum atomic E-state index is 12.4. The number of amides is 1. The number of aliphatic hydroxyl groups is 2. The van der Waals surface area contributed by atoms with Crippen LogP contribution in [0.3, 0.4) is 0 Å². The zero-order valence-corrected chi connectivity index (χ0v) is 36.2. The Morgan fingerprint density at radius 2 is 0.759 bits per heavy atom. The summed E-state index contributed by atoms with van der Waals surface area (Å²) in [5.74, 6) is -0.0756. The van der Waals surface area contributed by atoms with Crippen LogP contribution >= 0.6 is 0 Å². The van der Waals surface area contributed by atoms with Gasteiger partial charge in [-0.05, 0) is 57.8 Å². The van der Waals surface area contributed by atoms with E-state index in [1.807, 2.05) is 6.08 Å². The van der Waals surface area contributed by atoms with Crippen LogP contribution in [0.1, 0.15) is 245 Å². The molecule has 316 valence electrons. The van der Waals surface area contributed by atoms with Crippen molar-refractivity contribution in [1.82, 2.24) is 5.32 Å². The topological polar surface area (TPSA) is 69.6 Å². The monoisotopic (exact) mass is 756 g/mol. The lowest BCUT2D eigenvalue weighted by molar-refractivity contribution is -0.123. The molecule has 4 heteroatoms. The summed E-state index contributed by atoms with van der Waals surface area (Å²) in [4.78, 5) is 12.4. The van der Waals surface area contributed by atoms with Crippen molar-refractivity contribution in [3.8, 4) is 0 Å². The molecule has 0 saturated carbocycles. The maximum Gasteiger partial charge on any atom is 0.220 e. The Kier molecular flexibility index (Phi) is 44.3. The van der Waals surface area contributed by atoms with Gasteiger partial charge in [-0.1, -0.05) is 229 Å². The second-order valence-electron chi connectivity index (χ2n) is 16.2. The van der Waals surface area contributed by atoms with Gasteiger partial charge < -0.3 is 15.5 Å². The van der Waals surface area contributed by atoms with Crippen LogP contribution in [0.2, 0.25) is 0 Å². The molecule has 0 saturated heterocycles. The van der Waals surface area contributed by atoms with Gasteiger partial charge in [-0.15, -0.1) is 0 Å². The van der Waals surface area contributed by atoms with Crippen molar-refractivity contribution >= 4 is 5.91 Å². The Hall–Kier alpha value is -1.65. The van der Waals surface area contributed by atoms with Crippen molar-refractivity contribution in [3.63, 3.8) is 0 Å². The first kappa shape index (κ1) is 52.3. The summed E-state index contributed by atoms with van der Waals surface area (Å²) in [5.41, 5.74) is 0. The van der Waals surface area contributed by atoms with E-state index < -0.39 is 12.1 Å². The van der Waals surface area contributed by atoms with Gasteiger partial charge in [0.1, 0.15) is 0 Å². The van der Waals surface area contributed by atoms with Gasteiger partial charge in [0.15, 0.2) is 0 Å². The molecule has 0 radical (unpaired) electrons. The molecule has 0 aromatic carbocycles. The molecule has 0 aliphatic carbocycles. The SMILES string of the molecule is CCCCCCC/C=C\C/C=C\C/C=C\CCCCCCCCC(=O)NC(CO)C(O)/C=C/CCCCCCCCCCCCCCCCCCCCC. The molecular weight excluding hydrogens is 663 g/mol. The van der Waals surface area contributed by atoms with Gasteiger partial charge in [-0.2, -0.15) is 0 Å². The van der Waals surface area contributed by atoms with Crippen LogP contribution in [0.25, 0.3) is 0 Å². The lowest BCUT2D eigenvalue weighted by Crippen LogP contribution is -2.45. The Morgan fingerprint density at radius 1 is 0.444 bits per heavy atom. The predicted molar refractivity (Wildman–Crippen MR) is 239 cm³/mol. The number of hydrogen-bond donors (Lipinski definition) is 3. The molecule has 3 N–H and O–H groups in total. The third kappa shape index (κ3) is 41.5. The molecule has 2 atom stereocenters. The molecule has 0 rings (SSSR count). The third-order valence-corrected chi connectivity index (χ3v) is 10.8. The van der Waals surface area contributed by atoms with Gasteiger partial charge in [-0.25, -0.2) is 0 Å². The van der Waals surface area contributed by atoms with E-state index in [1.165, 1.54) is 173 Å². The lowest BCUT2D eigenvalue weighted by atomic mass is 10.0. The van der Waals surface area contributed by atoms with E-state index in [4.69, 9.17) is 0 Å². The second-order valence-corrected chi connectivity index (χ2v) is 16.2. The third-order valence-electron chi connectivity index (χ3n) is 10.8. The van der Waals surface area contributed by atoms with Crippen molar-refractivity contribution in [3.05, 3.63) is 48.6 Å². The summed E-state index contributed by atoms with van der Waals surface area (Å²) < 4.78 is 0. The quantitative estimate of drug-likeness (QED) is 0.0429. The van der Waals surface area contributed by atoms with E-state index in [1.54, 1.807) is 6.08 Å². The molecule has 0 fully saturated rings. The number of carbonyl (C=O) groups is 1. The number of aliphatic hydroxyl groups excluding tert-OH is 2. The second kappa shape index (κ2) is 45.7. The Morgan fingerprint density at radius 3 is 1.13 bits per heavy atom. The van der Waals surface area contributed by atoms with E-state index >= 15 is 0 Å². The number of nitrogens with one attached hydrogen (secondary N) is 1. The molecular formula is C50H93NO3. The number of hydrogen-bond acceptors (Lipinski definition) is 3. The molecule has 0 spiro atoms. The van der Waals surface area contributed by atoms with Crippen LogP contribution < -0.4 is 5.32 Å². The number of allylic oxidation sites excluding steroid dienone is 7. The minimum Gasteiger partial charge on any atom is -0.394 e. The number of rotatable bonds is 43. The predicted octanol–water partition coefficient (Wildman–Crippen LogP) is 15.1. The Labute approximate surface area is 337 Å². The zero-order chi connectivity index (χ0) is 39.3. The molecule has 54 heavy (non-hydrogen) atoms. The summed E-state index contributed by atoms with van der Waals surface area (Å²) >= 11 is 0. The molecule has 0 aliphatic heterocycles. The smallest absolute Gasteiger partial charge is 0.220 e. The molecule has 0 aliphatic rings. The summed E-state index contributed by atoms with van der Waals surface area (Å²) in [6, 6.07) is -0.630. The fourth-order valence-corrected chi connectivity index (χ4v) is 7.13. The molecule has 0 heterocycles. The standard InChI is InChI=1S/C50H93NO3/c1-3-5-7-9-11-13-15-17-19-21-23-25-27-29-31-33-35-37-39-41-43-45-49(53)48(47-52)51-50(54)46-44-42-40-38-36-34-32-30-28-26-24-22-20-18-16-14-12-10-8-6-4-2/h16,18,22,24,28,30,43,45,48-49,52-53H,3-15,17,19-21,23,25-27,29,31-42,44,46-47H2,1-2H3,(H,51,54)/b18-16-,24-22-,30-28-,45-43+. The Bertz CT molecular complexity index is 862. The van der Waals surface area contributed by atoms with Crippen molar-refractivity contribution in [2.75, 3.05) is 6.61 Å². The van der Waals surface area contributed by atoms with Gasteiger partial charge in [-0.3, -0.25) is 4.79 Å². The average molecular weight is 756 g/mol. The van der Waals surface area contributed by atoms with Crippen molar-refractivity contribution in [2.45, 2.75) is 257 Å². The number of unbranched alkanes of at least 4 members (excludes halogenated alkanes) is 30. The minimum absolute atomic E-state index is 0.0756. The van der Waals surface area contributed by atoms with Crippen molar-refractivity contribution < 1.29 is 15.0 Å². The van der Waals surface area contributed by atoms with Gasteiger partial charge in [0.25, 0.3) is 0 Å². The van der Waals surface area contributed by atoms with Gasteiger partial charge in [0.2, 0.25) is 5.91 Å². The molecule has 0 bridgehead atoms. The summed E-state index contributed by atoms with van der Waals surface area (Å²) in [6.07, 6.45) is 62.3. The van der Waals surface area contributed by atoms with Gasteiger partial charge in [0.05, 0.1) is 18.8 Å². The number of carbonyl (C=O) groups excluding carboxylic acids is 1. The van der Waals surface area contributed by atoms with Crippen LogP contribution in [0.5, 0.6) is 0 Å². The molecule has 1 amide bonds. The van der Waals surface area contributed by atoms with E-state index in [2.05, 4.69) is 55.6 Å². The molecule has 4 nitrogen and oxygen atoms in total. The maximum absolute atomic E-state index is 12.4. The van der Waals surface area contributed by atoms with Crippen molar-refractivity contribution in [2.24, 2.45) is 0 Å². The first-order valence-electron chi connectivity index (χ1n) is 23.9. The molecule has 0 aromatic heterocycles. The average Bonchev–Trinajstić information content (AvgIpc) is 3.18. The van der Waals surface area contributed by atoms with E-state index in [0.29, 0.717) is 6.42 Å². The van der Waals surface area contributed by atoms with E-state index in [0.717, 1.165) is 51.4 Å². The molecule has 0 aromatic rings. The minimum atomic E-state index is -0.846. The van der Waals surface area contributed by atoms with Gasteiger partial charge in [0, 0.05) is 6.42 Å². The largest absolute Gasteiger partial charge is 0.394 e. The summed E-state index contributed by atoms with van der Waals surface area (Å²) in [6.45, 7) is 4.30. The first-order chi connectivity index (χ1) is 26.7. The van der Waals surface area contributed by atoms with E-state index in [-0.39, 0.29) is 12.5 Å². The summed E-state index contributed by atoms with van der Waals surface area (Å²) in [7, 11) is 0. The van der Waals surface area contributed by atoms with Crippen LogP contribution in [0.15, 0.2) is 48.6 Å². The zero-order valence-electron chi connectivity index (χ0n) is 36.2. The Balaban J connectivity index is 3.59. The van der Waals surface area contributed by atoms with Crippen LogP contribution in [-0.2, 0) is 4.79 Å². The lowest BCUT2D eigenvalue weighted by Gasteiger charge is -2.20. The highest BCUT2D eigenvalue weighted by Gasteiger charge is 2.17. The van der Waals surface area contributed by atoms with E-state index in [9.17, 15) is 15.0 Å². The highest BCUT2D eigenvalue weighted by atomic mass is 16.3. The highest BCUT2D eigenvalue weighted by Crippen LogP contribution is 2.15. The van der Waals surface area contributed by atoms with Crippen LogP contribution in [0, 0.1) is 0 Å². The first-order valence-corrected chi connectivity index (χ1v) is 23.9. The van der Waals surface area contributed by atoms with Crippen LogP contribution in [0.4, 0.5) is 0 Å². The fraction of sp³-hybridized carbons (Fsp3) is 0.820. The van der Waals surface area contributed by atoms with Gasteiger partial charge >= 0.3 is 0 Å².